The second kappa shape index (κ2) is 6.94. The van der Waals surface area contributed by atoms with E-state index in [2.05, 4.69) is 29.1 Å². The minimum atomic E-state index is 0.192. The number of aryl methyl sites for hydroxylation is 1. The molecule has 5 nitrogen and oxygen atoms in total. The van der Waals surface area contributed by atoms with E-state index in [1.165, 1.54) is 12.0 Å². The van der Waals surface area contributed by atoms with Gasteiger partial charge in [-0.05, 0) is 55.9 Å². The normalized spacial score (nSPS) is 18.2. The summed E-state index contributed by atoms with van der Waals surface area (Å²) in [6, 6.07) is 6.26. The number of nitrogens with zero attached hydrogens (tertiary/aromatic N) is 4. The van der Waals surface area contributed by atoms with Crippen molar-refractivity contribution in [3.05, 3.63) is 36.2 Å². The average Bonchev–Trinajstić information content (AvgIpc) is 3.04. The zero-order valence-electron chi connectivity index (χ0n) is 13.9. The number of pyridine rings is 1. The summed E-state index contributed by atoms with van der Waals surface area (Å²) in [4.78, 5) is 18.1. The summed E-state index contributed by atoms with van der Waals surface area (Å²) in [6.45, 7) is 6.37. The lowest BCUT2D eigenvalue weighted by Crippen LogP contribution is -2.39. The van der Waals surface area contributed by atoms with Crippen LogP contribution in [0.25, 0.3) is 11.4 Å². The molecule has 5 heteroatoms. The zero-order valence-corrected chi connectivity index (χ0v) is 13.9. The van der Waals surface area contributed by atoms with Crippen LogP contribution in [0, 0.1) is 5.92 Å². The highest BCUT2D eigenvalue weighted by molar-refractivity contribution is 5.73. The van der Waals surface area contributed by atoms with E-state index in [1.54, 1.807) is 6.92 Å². The summed E-state index contributed by atoms with van der Waals surface area (Å²) in [7, 11) is 0. The van der Waals surface area contributed by atoms with Gasteiger partial charge in [0.1, 0.15) is 0 Å². The zero-order chi connectivity index (χ0) is 16.2. The number of carbonyl (C=O) groups excluding carboxylic acids is 1. The van der Waals surface area contributed by atoms with E-state index in [0.29, 0.717) is 5.92 Å². The Morgan fingerprint density at radius 2 is 2.22 bits per heavy atom. The molecular formula is C18H24N4O. The largest absolute Gasteiger partial charge is 0.343 e. The molecule has 2 aromatic heterocycles. The van der Waals surface area contributed by atoms with Gasteiger partial charge in [-0.15, -0.1) is 0 Å². The fourth-order valence-electron chi connectivity index (χ4n) is 3.39. The number of amides is 1. The van der Waals surface area contributed by atoms with Gasteiger partial charge < -0.3 is 4.90 Å². The third-order valence-corrected chi connectivity index (χ3v) is 4.59. The molecule has 0 bridgehead atoms. The summed E-state index contributed by atoms with van der Waals surface area (Å²) in [6.07, 6.45) is 6.99. The lowest BCUT2D eigenvalue weighted by atomic mass is 9.91. The van der Waals surface area contributed by atoms with Crippen LogP contribution in [0.4, 0.5) is 0 Å². The Balaban J connectivity index is 1.74. The molecule has 3 rings (SSSR count). The minimum Gasteiger partial charge on any atom is -0.343 e. The van der Waals surface area contributed by atoms with Gasteiger partial charge in [-0.3, -0.25) is 14.5 Å². The molecule has 0 N–H and O–H groups in total. The quantitative estimate of drug-likeness (QED) is 0.872. The Labute approximate surface area is 137 Å². The number of aromatic nitrogens is 3. The van der Waals surface area contributed by atoms with E-state index in [-0.39, 0.29) is 5.91 Å². The van der Waals surface area contributed by atoms with Crippen molar-refractivity contribution in [1.29, 1.82) is 0 Å². The van der Waals surface area contributed by atoms with Gasteiger partial charge >= 0.3 is 0 Å². The van der Waals surface area contributed by atoms with Gasteiger partial charge in [0.05, 0.1) is 11.4 Å². The third kappa shape index (κ3) is 3.60. The molecule has 1 aliphatic rings. The maximum atomic E-state index is 11.6. The maximum Gasteiger partial charge on any atom is 0.219 e. The highest BCUT2D eigenvalue weighted by atomic mass is 16.2. The fourth-order valence-corrected chi connectivity index (χ4v) is 3.39. The van der Waals surface area contributed by atoms with Crippen LogP contribution < -0.4 is 0 Å². The van der Waals surface area contributed by atoms with Crippen molar-refractivity contribution in [3.63, 3.8) is 0 Å². The van der Waals surface area contributed by atoms with E-state index >= 15 is 0 Å². The van der Waals surface area contributed by atoms with Crippen LogP contribution in [0.1, 0.15) is 32.3 Å². The monoisotopic (exact) mass is 312 g/mol. The SMILES string of the molecule is CCn1nccc1-c1cc(C[C@H]2CCCN(C(C)=O)C2)ccn1. The highest BCUT2D eigenvalue weighted by Crippen LogP contribution is 2.23. The smallest absolute Gasteiger partial charge is 0.219 e. The van der Waals surface area contributed by atoms with Crippen molar-refractivity contribution in [2.24, 2.45) is 5.92 Å². The van der Waals surface area contributed by atoms with Crippen LogP contribution in [0.15, 0.2) is 30.6 Å². The second-order valence-electron chi connectivity index (χ2n) is 6.26. The van der Waals surface area contributed by atoms with Crippen molar-refractivity contribution in [1.82, 2.24) is 19.7 Å². The predicted octanol–water partition coefficient (Wildman–Crippen LogP) is 2.77. The molecule has 0 saturated carbocycles. The molecule has 1 amide bonds. The minimum absolute atomic E-state index is 0.192. The van der Waals surface area contributed by atoms with Gasteiger partial charge in [0.25, 0.3) is 0 Å². The third-order valence-electron chi connectivity index (χ3n) is 4.59. The maximum absolute atomic E-state index is 11.6. The Morgan fingerprint density at radius 1 is 1.35 bits per heavy atom. The van der Waals surface area contributed by atoms with Crippen molar-refractivity contribution < 1.29 is 4.79 Å². The molecule has 122 valence electrons. The van der Waals surface area contributed by atoms with E-state index in [1.807, 2.05) is 28.0 Å². The summed E-state index contributed by atoms with van der Waals surface area (Å²) >= 11 is 0. The van der Waals surface area contributed by atoms with Gasteiger partial charge in [0.15, 0.2) is 0 Å². The van der Waals surface area contributed by atoms with Gasteiger partial charge in [-0.1, -0.05) is 0 Å². The molecule has 3 heterocycles. The van der Waals surface area contributed by atoms with Gasteiger partial charge in [0, 0.05) is 39.0 Å². The molecular weight excluding hydrogens is 288 g/mol. The first-order valence-corrected chi connectivity index (χ1v) is 8.40. The second-order valence-corrected chi connectivity index (χ2v) is 6.26. The van der Waals surface area contributed by atoms with Crippen LogP contribution in [0.2, 0.25) is 0 Å². The first-order valence-electron chi connectivity index (χ1n) is 8.40. The van der Waals surface area contributed by atoms with Gasteiger partial charge in [-0.25, -0.2) is 0 Å². The Bertz CT molecular complexity index is 679. The van der Waals surface area contributed by atoms with Crippen LogP contribution in [0.3, 0.4) is 0 Å². The van der Waals surface area contributed by atoms with E-state index in [0.717, 1.165) is 43.9 Å². The molecule has 1 fully saturated rings. The van der Waals surface area contributed by atoms with Crippen LogP contribution >= 0.6 is 0 Å². The number of hydrogen-bond donors (Lipinski definition) is 0. The molecule has 0 aliphatic carbocycles. The van der Waals surface area contributed by atoms with Crippen LogP contribution in [-0.2, 0) is 17.8 Å². The van der Waals surface area contributed by atoms with E-state index in [9.17, 15) is 4.79 Å². The Kier molecular flexibility index (Phi) is 4.74. The van der Waals surface area contributed by atoms with Crippen molar-refractivity contribution in [3.8, 4) is 11.4 Å². The molecule has 23 heavy (non-hydrogen) atoms. The van der Waals surface area contributed by atoms with Crippen LogP contribution in [-0.4, -0.2) is 38.7 Å². The first kappa shape index (κ1) is 15.7. The molecule has 1 saturated heterocycles. The summed E-state index contributed by atoms with van der Waals surface area (Å²) in [5.41, 5.74) is 3.32. The lowest BCUT2D eigenvalue weighted by molar-refractivity contribution is -0.130. The van der Waals surface area contributed by atoms with Gasteiger partial charge in [0.2, 0.25) is 5.91 Å². The average molecular weight is 312 g/mol. The summed E-state index contributed by atoms with van der Waals surface area (Å²) < 4.78 is 1.96. The van der Waals surface area contributed by atoms with E-state index in [4.69, 9.17) is 0 Å². The fraction of sp³-hybridized carbons (Fsp3) is 0.500. The molecule has 0 unspecified atom stereocenters. The van der Waals surface area contributed by atoms with Crippen molar-refractivity contribution in [2.75, 3.05) is 13.1 Å². The first-order chi connectivity index (χ1) is 11.2. The van der Waals surface area contributed by atoms with Crippen molar-refractivity contribution in [2.45, 2.75) is 39.7 Å². The molecule has 1 atom stereocenters. The molecule has 0 aromatic carbocycles. The Hall–Kier alpha value is -2.17. The molecule has 0 spiro atoms. The van der Waals surface area contributed by atoms with E-state index < -0.39 is 0 Å². The topological polar surface area (TPSA) is 51.0 Å². The number of likely N-dealkylation sites (tertiary alicyclic amines) is 1. The predicted molar refractivity (Wildman–Crippen MR) is 89.8 cm³/mol. The molecule has 0 radical (unpaired) electrons. The molecule has 2 aromatic rings. The van der Waals surface area contributed by atoms with Crippen LogP contribution in [0.5, 0.6) is 0 Å². The highest BCUT2D eigenvalue weighted by Gasteiger charge is 2.21. The Morgan fingerprint density at radius 3 is 3.00 bits per heavy atom. The number of piperidine rings is 1. The number of hydrogen-bond acceptors (Lipinski definition) is 3. The van der Waals surface area contributed by atoms with Crippen molar-refractivity contribution >= 4 is 5.91 Å². The standard InChI is InChI=1S/C18H24N4O/c1-3-22-18(7-9-20-22)17-12-15(6-8-19-17)11-16-5-4-10-21(13-16)14(2)23/h6-9,12,16H,3-5,10-11,13H2,1-2H3/t16-/m1/s1. The number of carbonyl (C=O) groups is 1. The summed E-state index contributed by atoms with van der Waals surface area (Å²) in [5.74, 6) is 0.732. The van der Waals surface area contributed by atoms with Gasteiger partial charge in [-0.2, -0.15) is 5.10 Å². The summed E-state index contributed by atoms with van der Waals surface area (Å²) in [5, 5.41) is 4.32. The number of rotatable bonds is 4. The molecule has 1 aliphatic heterocycles. The lowest BCUT2D eigenvalue weighted by Gasteiger charge is -2.32.